The molecule has 0 amide bonds. The Morgan fingerprint density at radius 3 is 2.38 bits per heavy atom. The van der Waals surface area contributed by atoms with E-state index in [-0.39, 0.29) is 6.04 Å². The van der Waals surface area contributed by atoms with Gasteiger partial charge in [-0.2, -0.15) is 0 Å². The van der Waals surface area contributed by atoms with Gasteiger partial charge in [-0.25, -0.2) is 0 Å². The molecule has 0 fully saturated rings. The highest BCUT2D eigenvalue weighted by Gasteiger charge is 2.01. The first-order chi connectivity index (χ1) is 6.22. The summed E-state index contributed by atoms with van der Waals surface area (Å²) < 4.78 is 0. The van der Waals surface area contributed by atoms with Gasteiger partial charge in [-0.05, 0) is 30.5 Å². The Kier molecular flexibility index (Phi) is 3.77. The molecule has 0 aliphatic carbocycles. The largest absolute Gasteiger partial charge is 0.399 e. The Morgan fingerprint density at radius 2 is 1.85 bits per heavy atom. The van der Waals surface area contributed by atoms with Crippen molar-refractivity contribution in [3.63, 3.8) is 0 Å². The number of hydrogen-bond acceptors (Lipinski definition) is 2. The average molecular weight is 178 g/mol. The predicted molar refractivity (Wildman–Crippen MR) is 57.4 cm³/mol. The lowest BCUT2D eigenvalue weighted by atomic mass is 10.0. The number of benzene rings is 1. The van der Waals surface area contributed by atoms with Gasteiger partial charge in [-0.1, -0.05) is 25.5 Å². The van der Waals surface area contributed by atoms with Crippen molar-refractivity contribution >= 4 is 5.69 Å². The van der Waals surface area contributed by atoms with E-state index >= 15 is 0 Å². The van der Waals surface area contributed by atoms with Gasteiger partial charge in [0.2, 0.25) is 0 Å². The zero-order chi connectivity index (χ0) is 9.68. The smallest absolute Gasteiger partial charge is 0.0314 e. The second kappa shape index (κ2) is 4.87. The summed E-state index contributed by atoms with van der Waals surface area (Å²) in [6.07, 6.45) is 3.19. The third kappa shape index (κ3) is 3.47. The maximum Gasteiger partial charge on any atom is 0.0314 e. The lowest BCUT2D eigenvalue weighted by Gasteiger charge is -2.09. The Morgan fingerprint density at radius 1 is 1.23 bits per heavy atom. The van der Waals surface area contributed by atoms with E-state index in [1.165, 1.54) is 5.56 Å². The maximum atomic E-state index is 5.92. The van der Waals surface area contributed by atoms with Crippen molar-refractivity contribution in [2.75, 3.05) is 5.73 Å². The van der Waals surface area contributed by atoms with Crippen LogP contribution in [-0.4, -0.2) is 6.04 Å². The minimum absolute atomic E-state index is 0.286. The van der Waals surface area contributed by atoms with Crippen molar-refractivity contribution < 1.29 is 0 Å². The van der Waals surface area contributed by atoms with Crippen molar-refractivity contribution in [3.8, 4) is 0 Å². The van der Waals surface area contributed by atoms with Gasteiger partial charge in [-0.3, -0.25) is 0 Å². The molecule has 0 saturated carbocycles. The molecule has 0 aliphatic rings. The zero-order valence-corrected chi connectivity index (χ0v) is 8.16. The highest BCUT2D eigenvalue weighted by molar-refractivity contribution is 5.39. The summed E-state index contributed by atoms with van der Waals surface area (Å²) in [6, 6.07) is 8.23. The molecule has 0 saturated heterocycles. The first-order valence-electron chi connectivity index (χ1n) is 4.82. The fourth-order valence-electron chi connectivity index (χ4n) is 1.43. The van der Waals surface area contributed by atoms with Crippen LogP contribution < -0.4 is 11.5 Å². The molecule has 4 N–H and O–H groups in total. The molecule has 0 aromatic heterocycles. The zero-order valence-electron chi connectivity index (χ0n) is 8.16. The third-order valence-electron chi connectivity index (χ3n) is 2.14. The average Bonchev–Trinajstić information content (AvgIpc) is 2.09. The molecule has 0 bridgehead atoms. The molecule has 1 aromatic rings. The molecule has 13 heavy (non-hydrogen) atoms. The fourth-order valence-corrected chi connectivity index (χ4v) is 1.43. The molecule has 2 heteroatoms. The van der Waals surface area contributed by atoms with Gasteiger partial charge in [0, 0.05) is 11.7 Å². The summed E-state index contributed by atoms with van der Waals surface area (Å²) in [5.74, 6) is 0. The summed E-state index contributed by atoms with van der Waals surface area (Å²) in [6.45, 7) is 2.16. The first-order valence-corrected chi connectivity index (χ1v) is 4.82. The molecule has 72 valence electrons. The van der Waals surface area contributed by atoms with Crippen molar-refractivity contribution in [1.29, 1.82) is 0 Å². The Hall–Kier alpha value is -1.02. The third-order valence-corrected chi connectivity index (χ3v) is 2.14. The van der Waals surface area contributed by atoms with Crippen LogP contribution in [0.3, 0.4) is 0 Å². The number of anilines is 1. The summed E-state index contributed by atoms with van der Waals surface area (Å²) in [4.78, 5) is 0. The quantitative estimate of drug-likeness (QED) is 0.692. The normalized spacial score (nSPS) is 12.8. The van der Waals surface area contributed by atoms with E-state index in [1.807, 2.05) is 24.3 Å². The molecule has 1 aromatic carbocycles. The highest BCUT2D eigenvalue weighted by atomic mass is 14.6. The molecule has 1 rings (SSSR count). The molecule has 0 radical (unpaired) electrons. The van der Waals surface area contributed by atoms with Crippen molar-refractivity contribution in [1.82, 2.24) is 0 Å². The van der Waals surface area contributed by atoms with Gasteiger partial charge in [-0.15, -0.1) is 0 Å². The van der Waals surface area contributed by atoms with E-state index in [0.29, 0.717) is 0 Å². The van der Waals surface area contributed by atoms with Crippen LogP contribution in [-0.2, 0) is 6.42 Å². The van der Waals surface area contributed by atoms with Crippen molar-refractivity contribution in [2.45, 2.75) is 32.2 Å². The highest BCUT2D eigenvalue weighted by Crippen LogP contribution is 2.08. The number of hydrogen-bond donors (Lipinski definition) is 2. The SMILES string of the molecule is CCCC(N)Cc1ccc(N)cc1. The van der Waals surface area contributed by atoms with E-state index < -0.39 is 0 Å². The lowest BCUT2D eigenvalue weighted by molar-refractivity contribution is 0.600. The molecule has 1 atom stereocenters. The van der Waals surface area contributed by atoms with Gasteiger partial charge in [0.05, 0.1) is 0 Å². The number of rotatable bonds is 4. The van der Waals surface area contributed by atoms with E-state index in [9.17, 15) is 0 Å². The summed E-state index contributed by atoms with van der Waals surface area (Å²) in [7, 11) is 0. The molecule has 1 unspecified atom stereocenters. The molecular weight excluding hydrogens is 160 g/mol. The first kappa shape index (κ1) is 10.1. The van der Waals surface area contributed by atoms with Crippen molar-refractivity contribution in [2.24, 2.45) is 5.73 Å². The van der Waals surface area contributed by atoms with Gasteiger partial charge < -0.3 is 11.5 Å². The van der Waals surface area contributed by atoms with Gasteiger partial charge in [0.1, 0.15) is 0 Å². The number of nitrogens with two attached hydrogens (primary N) is 2. The van der Waals surface area contributed by atoms with E-state index in [0.717, 1.165) is 24.9 Å². The topological polar surface area (TPSA) is 52.0 Å². The number of nitrogen functional groups attached to an aromatic ring is 1. The van der Waals surface area contributed by atoms with E-state index in [4.69, 9.17) is 11.5 Å². The fraction of sp³-hybridized carbons (Fsp3) is 0.455. The van der Waals surface area contributed by atoms with Crippen LogP contribution in [0.4, 0.5) is 5.69 Å². The lowest BCUT2D eigenvalue weighted by Crippen LogP contribution is -2.22. The van der Waals surface area contributed by atoms with Crippen LogP contribution in [0.2, 0.25) is 0 Å². The minimum Gasteiger partial charge on any atom is -0.399 e. The maximum absolute atomic E-state index is 5.92. The van der Waals surface area contributed by atoms with Crippen molar-refractivity contribution in [3.05, 3.63) is 29.8 Å². The van der Waals surface area contributed by atoms with Crippen LogP contribution in [0, 0.1) is 0 Å². The van der Waals surface area contributed by atoms with Gasteiger partial charge in [0.15, 0.2) is 0 Å². The molecule has 0 aliphatic heterocycles. The molecule has 2 nitrogen and oxygen atoms in total. The minimum atomic E-state index is 0.286. The molecule has 0 heterocycles. The Balaban J connectivity index is 2.49. The van der Waals surface area contributed by atoms with Crippen LogP contribution >= 0.6 is 0 Å². The van der Waals surface area contributed by atoms with Crippen LogP contribution in [0.25, 0.3) is 0 Å². The monoisotopic (exact) mass is 178 g/mol. The van der Waals surface area contributed by atoms with Crippen LogP contribution in [0.1, 0.15) is 25.3 Å². The van der Waals surface area contributed by atoms with Crippen LogP contribution in [0.15, 0.2) is 24.3 Å². The van der Waals surface area contributed by atoms with E-state index in [2.05, 4.69) is 6.92 Å². The van der Waals surface area contributed by atoms with E-state index in [1.54, 1.807) is 0 Å². The summed E-state index contributed by atoms with van der Waals surface area (Å²) >= 11 is 0. The van der Waals surface area contributed by atoms with Crippen LogP contribution in [0.5, 0.6) is 0 Å². The van der Waals surface area contributed by atoms with Gasteiger partial charge in [0.25, 0.3) is 0 Å². The Labute approximate surface area is 79.9 Å². The molecule has 0 spiro atoms. The van der Waals surface area contributed by atoms with Gasteiger partial charge >= 0.3 is 0 Å². The molecular formula is C11H18N2. The second-order valence-corrected chi connectivity index (χ2v) is 3.49. The standard InChI is InChI=1S/C11H18N2/c1-2-3-11(13)8-9-4-6-10(12)7-5-9/h4-7,11H,2-3,8,12-13H2,1H3. The summed E-state index contributed by atoms with van der Waals surface area (Å²) in [5, 5.41) is 0. The predicted octanol–water partition coefficient (Wildman–Crippen LogP) is 1.94. The Bertz CT molecular complexity index is 241. The second-order valence-electron chi connectivity index (χ2n) is 3.49. The summed E-state index contributed by atoms with van der Waals surface area (Å²) in [5.41, 5.74) is 13.6.